The molecule has 1 fully saturated rings. The molecule has 25 heavy (non-hydrogen) atoms. The average molecular weight is 422 g/mol. The van der Waals surface area contributed by atoms with Gasteiger partial charge in [-0.05, 0) is 30.3 Å². The molecule has 0 aromatic heterocycles. The van der Waals surface area contributed by atoms with Crippen molar-refractivity contribution >= 4 is 56.6 Å². The van der Waals surface area contributed by atoms with E-state index < -0.39 is 10.1 Å². The third kappa shape index (κ3) is 3.56. The summed E-state index contributed by atoms with van der Waals surface area (Å²) in [7, 11) is -4.53. The van der Waals surface area contributed by atoms with Gasteiger partial charge in [-0.3, -0.25) is 9.45 Å². The van der Waals surface area contributed by atoms with Gasteiger partial charge in [-0.2, -0.15) is 8.42 Å². The minimum atomic E-state index is -4.53. The summed E-state index contributed by atoms with van der Waals surface area (Å²) < 4.78 is 33.0. The van der Waals surface area contributed by atoms with Crippen LogP contribution in [0.15, 0.2) is 35.2 Å². The average Bonchev–Trinajstić information content (AvgIpc) is 2.95. The van der Waals surface area contributed by atoms with Crippen LogP contribution in [0.4, 0.5) is 10.5 Å². The quantitative estimate of drug-likeness (QED) is 0.577. The Morgan fingerprint density at radius 2 is 1.68 bits per heavy atom. The van der Waals surface area contributed by atoms with Crippen molar-refractivity contribution in [3.8, 4) is 11.1 Å². The van der Waals surface area contributed by atoms with Crippen LogP contribution in [0.3, 0.4) is 0 Å². The van der Waals surface area contributed by atoms with Crippen molar-refractivity contribution in [2.45, 2.75) is 4.90 Å². The van der Waals surface area contributed by atoms with E-state index in [-0.39, 0.29) is 37.1 Å². The molecule has 0 atom stereocenters. The maximum absolute atomic E-state index is 11.9. The Hall–Kier alpha value is -1.51. The van der Waals surface area contributed by atoms with Crippen LogP contribution < -0.4 is 10.2 Å². The van der Waals surface area contributed by atoms with Crippen molar-refractivity contribution in [2.75, 3.05) is 18.0 Å². The van der Waals surface area contributed by atoms with E-state index in [0.717, 1.165) is 0 Å². The Bertz CT molecular complexity index is 979. The van der Waals surface area contributed by atoms with Gasteiger partial charge in [0, 0.05) is 29.9 Å². The lowest BCUT2D eigenvalue weighted by molar-refractivity contribution is 0.252. The van der Waals surface area contributed by atoms with Crippen molar-refractivity contribution in [2.24, 2.45) is 0 Å². The number of anilines is 1. The Morgan fingerprint density at radius 3 is 2.28 bits per heavy atom. The number of urea groups is 1. The molecule has 2 N–H and O–H groups in total. The molecule has 0 radical (unpaired) electrons. The number of nitrogens with one attached hydrogen (secondary N) is 1. The number of hydrogen-bond donors (Lipinski definition) is 2. The first-order chi connectivity index (χ1) is 11.7. The zero-order chi connectivity index (χ0) is 18.4. The van der Waals surface area contributed by atoms with E-state index in [2.05, 4.69) is 5.32 Å². The van der Waals surface area contributed by atoms with Crippen LogP contribution >= 0.6 is 34.8 Å². The SMILES string of the molecule is O=C1NCCN1c1ccc(S(=O)(=O)O)c(-c2cc(Cl)c(Cl)cc2Cl)c1. The van der Waals surface area contributed by atoms with Crippen LogP contribution in [0.1, 0.15) is 0 Å². The number of benzene rings is 2. The standard InChI is InChI=1S/C15H11Cl3N2O4S/c16-11-7-13(18)12(17)6-9(11)10-5-8(20-4-3-19-15(20)21)1-2-14(10)25(22,23)24/h1-2,5-7H,3-4H2,(H,19,21)(H,22,23,24). The molecule has 10 heteroatoms. The van der Waals surface area contributed by atoms with Crippen LogP contribution in [0.2, 0.25) is 15.1 Å². The number of nitrogens with zero attached hydrogens (tertiary/aromatic N) is 1. The summed E-state index contributed by atoms with van der Waals surface area (Å²) in [6, 6.07) is 6.59. The minimum Gasteiger partial charge on any atom is -0.336 e. The first-order valence-electron chi connectivity index (χ1n) is 7.00. The van der Waals surface area contributed by atoms with E-state index >= 15 is 0 Å². The van der Waals surface area contributed by atoms with Gasteiger partial charge < -0.3 is 5.32 Å². The number of halogens is 3. The van der Waals surface area contributed by atoms with Crippen LogP contribution in [0.25, 0.3) is 11.1 Å². The second kappa shape index (κ2) is 6.66. The van der Waals surface area contributed by atoms with E-state index in [4.69, 9.17) is 34.8 Å². The summed E-state index contributed by atoms with van der Waals surface area (Å²) in [5, 5.41) is 3.19. The lowest BCUT2D eigenvalue weighted by Gasteiger charge is -2.18. The topological polar surface area (TPSA) is 86.7 Å². The van der Waals surface area contributed by atoms with E-state index in [1.54, 1.807) is 0 Å². The van der Waals surface area contributed by atoms with Gasteiger partial charge in [0.15, 0.2) is 0 Å². The summed E-state index contributed by atoms with van der Waals surface area (Å²) in [4.78, 5) is 12.9. The molecule has 1 aliphatic rings. The molecule has 0 aliphatic carbocycles. The fraction of sp³-hybridized carbons (Fsp3) is 0.133. The maximum atomic E-state index is 11.9. The number of hydrogen-bond acceptors (Lipinski definition) is 3. The Balaban J connectivity index is 2.25. The summed E-state index contributed by atoms with van der Waals surface area (Å²) >= 11 is 18.1. The largest absolute Gasteiger partial charge is 0.336 e. The van der Waals surface area contributed by atoms with Gasteiger partial charge in [-0.25, -0.2) is 4.79 Å². The Morgan fingerprint density at radius 1 is 1.00 bits per heavy atom. The molecule has 0 bridgehead atoms. The smallest absolute Gasteiger partial charge is 0.321 e. The van der Waals surface area contributed by atoms with Gasteiger partial charge in [0.25, 0.3) is 10.1 Å². The third-order valence-corrected chi connectivity index (χ3v) is 5.66. The molecule has 1 saturated heterocycles. The van der Waals surface area contributed by atoms with Gasteiger partial charge in [-0.1, -0.05) is 34.8 Å². The highest BCUT2D eigenvalue weighted by Gasteiger charge is 2.25. The molecule has 132 valence electrons. The first-order valence-corrected chi connectivity index (χ1v) is 9.57. The van der Waals surface area contributed by atoms with E-state index in [9.17, 15) is 17.8 Å². The maximum Gasteiger partial charge on any atom is 0.321 e. The lowest BCUT2D eigenvalue weighted by atomic mass is 10.0. The summed E-state index contributed by atoms with van der Waals surface area (Å²) in [6.45, 7) is 0.903. The zero-order valence-electron chi connectivity index (χ0n) is 12.5. The van der Waals surface area contributed by atoms with Gasteiger partial charge in [0.2, 0.25) is 0 Å². The minimum absolute atomic E-state index is 0.114. The van der Waals surface area contributed by atoms with Gasteiger partial charge in [-0.15, -0.1) is 0 Å². The predicted octanol–water partition coefficient (Wildman–Crippen LogP) is 4.09. The number of amides is 2. The van der Waals surface area contributed by atoms with Gasteiger partial charge in [0.05, 0.1) is 15.1 Å². The summed E-state index contributed by atoms with van der Waals surface area (Å²) in [6.07, 6.45) is 0. The number of carbonyl (C=O) groups excluding carboxylic acids is 1. The molecular weight excluding hydrogens is 411 g/mol. The molecule has 0 unspecified atom stereocenters. The second-order valence-electron chi connectivity index (χ2n) is 5.29. The van der Waals surface area contributed by atoms with Gasteiger partial charge >= 0.3 is 6.03 Å². The summed E-state index contributed by atoms with van der Waals surface area (Å²) in [5.74, 6) is 0. The van der Waals surface area contributed by atoms with Crippen molar-refractivity contribution in [1.29, 1.82) is 0 Å². The monoisotopic (exact) mass is 420 g/mol. The fourth-order valence-electron chi connectivity index (χ4n) is 2.57. The molecule has 2 amide bonds. The number of carbonyl (C=O) groups is 1. The molecule has 3 rings (SSSR count). The molecule has 2 aromatic rings. The zero-order valence-corrected chi connectivity index (χ0v) is 15.5. The molecule has 0 saturated carbocycles. The summed E-state index contributed by atoms with van der Waals surface area (Å²) in [5.41, 5.74) is 0.841. The van der Waals surface area contributed by atoms with Crippen LogP contribution in [-0.2, 0) is 10.1 Å². The van der Waals surface area contributed by atoms with E-state index in [1.807, 2.05) is 0 Å². The fourth-order valence-corrected chi connectivity index (χ4v) is 3.90. The molecular formula is C15H11Cl3N2O4S. The van der Waals surface area contributed by atoms with Crippen LogP contribution in [-0.4, -0.2) is 32.1 Å². The molecule has 6 nitrogen and oxygen atoms in total. The van der Waals surface area contributed by atoms with Crippen molar-refractivity contribution < 1.29 is 17.8 Å². The highest BCUT2D eigenvalue weighted by molar-refractivity contribution is 7.86. The van der Waals surface area contributed by atoms with Crippen molar-refractivity contribution in [3.63, 3.8) is 0 Å². The lowest BCUT2D eigenvalue weighted by Crippen LogP contribution is -2.27. The van der Waals surface area contributed by atoms with Crippen LogP contribution in [0.5, 0.6) is 0 Å². The highest BCUT2D eigenvalue weighted by Crippen LogP contribution is 2.39. The van der Waals surface area contributed by atoms with Crippen molar-refractivity contribution in [1.82, 2.24) is 5.32 Å². The third-order valence-electron chi connectivity index (χ3n) is 3.71. The van der Waals surface area contributed by atoms with E-state index in [0.29, 0.717) is 18.8 Å². The normalized spacial score (nSPS) is 14.7. The van der Waals surface area contributed by atoms with Crippen LogP contribution in [0, 0.1) is 0 Å². The molecule has 1 aliphatic heterocycles. The van der Waals surface area contributed by atoms with Crippen molar-refractivity contribution in [3.05, 3.63) is 45.4 Å². The molecule has 1 heterocycles. The highest BCUT2D eigenvalue weighted by atomic mass is 35.5. The molecule has 2 aromatic carbocycles. The van der Waals surface area contributed by atoms with Gasteiger partial charge in [0.1, 0.15) is 4.90 Å². The molecule has 0 spiro atoms. The first kappa shape index (κ1) is 18.3. The Kier molecular flexibility index (Phi) is 4.87. The predicted molar refractivity (Wildman–Crippen MR) is 97.5 cm³/mol. The van der Waals surface area contributed by atoms with E-state index in [1.165, 1.54) is 35.2 Å². The second-order valence-corrected chi connectivity index (χ2v) is 7.90. The number of rotatable bonds is 3. The Labute approximate surface area is 159 Å².